The van der Waals surface area contributed by atoms with Gasteiger partial charge in [-0.25, -0.2) is 0 Å². The summed E-state index contributed by atoms with van der Waals surface area (Å²) < 4.78 is 11.4. The predicted molar refractivity (Wildman–Crippen MR) is 137 cm³/mol. The van der Waals surface area contributed by atoms with E-state index in [-0.39, 0.29) is 11.8 Å². The van der Waals surface area contributed by atoms with E-state index in [1.165, 1.54) is 6.42 Å². The van der Waals surface area contributed by atoms with Gasteiger partial charge >= 0.3 is 0 Å². The van der Waals surface area contributed by atoms with E-state index in [2.05, 4.69) is 0 Å². The molecule has 188 valence electrons. The highest BCUT2D eigenvalue weighted by Crippen LogP contribution is 2.36. The number of hydrogen-bond donors (Lipinski definition) is 0. The molecule has 6 nitrogen and oxygen atoms in total. The molecule has 0 unspecified atom stereocenters. The van der Waals surface area contributed by atoms with E-state index in [4.69, 9.17) is 21.1 Å². The largest absolute Gasteiger partial charge is 0.493 e. The molecule has 0 N–H and O–H groups in total. The van der Waals surface area contributed by atoms with Gasteiger partial charge in [-0.3, -0.25) is 9.59 Å². The van der Waals surface area contributed by atoms with Crippen molar-refractivity contribution in [2.75, 3.05) is 39.9 Å². The molecule has 0 spiro atoms. The fourth-order valence-corrected chi connectivity index (χ4v) is 5.39. The minimum Gasteiger partial charge on any atom is -0.493 e. The summed E-state index contributed by atoms with van der Waals surface area (Å²) in [6, 6.07) is 14.9. The molecule has 0 saturated carbocycles. The van der Waals surface area contributed by atoms with Crippen molar-refractivity contribution >= 4 is 23.4 Å². The van der Waals surface area contributed by atoms with E-state index in [0.717, 1.165) is 44.3 Å². The van der Waals surface area contributed by atoms with Gasteiger partial charge in [0.25, 0.3) is 5.91 Å². The predicted octanol–water partition coefficient (Wildman–Crippen LogP) is 5.19. The molecule has 2 heterocycles. The summed E-state index contributed by atoms with van der Waals surface area (Å²) >= 11 is 6.15. The average molecular weight is 499 g/mol. The Balaban J connectivity index is 1.53. The van der Waals surface area contributed by atoms with Crippen LogP contribution in [-0.2, 0) is 16.1 Å². The second kappa shape index (κ2) is 11.9. The molecule has 4 rings (SSSR count). The second-order valence-corrected chi connectivity index (χ2v) is 10.3. The molecule has 2 aliphatic heterocycles. The zero-order valence-corrected chi connectivity index (χ0v) is 21.3. The lowest BCUT2D eigenvalue weighted by atomic mass is 9.77. The Morgan fingerprint density at radius 3 is 2.51 bits per heavy atom. The Bertz CT molecular complexity index is 1020. The Morgan fingerprint density at radius 2 is 1.74 bits per heavy atom. The Hall–Kier alpha value is -2.57. The molecule has 0 radical (unpaired) electrons. The molecule has 1 atom stereocenters. The van der Waals surface area contributed by atoms with Gasteiger partial charge in [-0.1, -0.05) is 29.8 Å². The molecule has 0 aromatic heterocycles. The van der Waals surface area contributed by atoms with Crippen molar-refractivity contribution < 1.29 is 19.1 Å². The van der Waals surface area contributed by atoms with Crippen molar-refractivity contribution in [1.82, 2.24) is 9.80 Å². The SMILES string of the molecule is COCc1cccc(C(=O)N2CCC[C@@](COc3cccc(Cl)c3)(CC(=O)N3CCCCC3)C2)c1. The monoisotopic (exact) mass is 498 g/mol. The number of carbonyl (C=O) groups is 2. The van der Waals surface area contributed by atoms with Crippen molar-refractivity contribution in [1.29, 1.82) is 0 Å². The summed E-state index contributed by atoms with van der Waals surface area (Å²) in [4.78, 5) is 30.7. The Kier molecular flexibility index (Phi) is 8.69. The first-order chi connectivity index (χ1) is 17.0. The zero-order chi connectivity index (χ0) is 24.7. The van der Waals surface area contributed by atoms with E-state index in [9.17, 15) is 9.59 Å². The summed E-state index contributed by atoms with van der Waals surface area (Å²) in [5.41, 5.74) is 1.16. The van der Waals surface area contributed by atoms with Crippen LogP contribution < -0.4 is 4.74 Å². The number of amides is 2. The number of halogens is 1. The number of methoxy groups -OCH3 is 1. The van der Waals surface area contributed by atoms with Crippen LogP contribution in [0.1, 0.15) is 54.4 Å². The first-order valence-corrected chi connectivity index (χ1v) is 12.9. The summed E-state index contributed by atoms with van der Waals surface area (Å²) in [6.45, 7) is 3.62. The van der Waals surface area contributed by atoms with Gasteiger partial charge in [-0.15, -0.1) is 0 Å². The topological polar surface area (TPSA) is 59.1 Å². The van der Waals surface area contributed by atoms with Crippen LogP contribution in [0.2, 0.25) is 5.02 Å². The maximum Gasteiger partial charge on any atom is 0.253 e. The highest BCUT2D eigenvalue weighted by atomic mass is 35.5. The van der Waals surface area contributed by atoms with Crippen molar-refractivity contribution in [2.24, 2.45) is 5.41 Å². The van der Waals surface area contributed by atoms with E-state index >= 15 is 0 Å². The van der Waals surface area contributed by atoms with Gasteiger partial charge in [0, 0.05) is 55.7 Å². The standard InChI is InChI=1S/C28H35ClN2O4/c1-34-19-22-8-5-9-23(16-22)27(33)31-15-7-12-28(20-31,18-26(32)30-13-3-2-4-14-30)21-35-25-11-6-10-24(29)17-25/h5-6,8-11,16-17H,2-4,7,12-15,18-21H2,1H3/t28-/m1/s1. The van der Waals surface area contributed by atoms with Crippen LogP contribution in [0.15, 0.2) is 48.5 Å². The molecule has 2 saturated heterocycles. The van der Waals surface area contributed by atoms with Crippen LogP contribution in [0, 0.1) is 5.41 Å². The average Bonchev–Trinajstić information content (AvgIpc) is 2.88. The number of ether oxygens (including phenoxy) is 2. The van der Waals surface area contributed by atoms with Crippen LogP contribution in [-0.4, -0.2) is 61.5 Å². The molecule has 2 fully saturated rings. The van der Waals surface area contributed by atoms with Gasteiger partial charge in [0.05, 0.1) is 13.2 Å². The summed E-state index contributed by atoms with van der Waals surface area (Å²) in [5.74, 6) is 0.828. The normalized spacial score (nSPS) is 20.5. The number of hydrogen-bond acceptors (Lipinski definition) is 4. The third-order valence-corrected chi connectivity index (χ3v) is 7.24. The van der Waals surface area contributed by atoms with Crippen molar-refractivity contribution in [3.05, 3.63) is 64.7 Å². The van der Waals surface area contributed by atoms with Crippen LogP contribution in [0.3, 0.4) is 0 Å². The van der Waals surface area contributed by atoms with Crippen molar-refractivity contribution in [3.63, 3.8) is 0 Å². The van der Waals surface area contributed by atoms with Crippen molar-refractivity contribution in [3.8, 4) is 5.75 Å². The third kappa shape index (κ3) is 6.77. The molecule has 2 aromatic rings. The van der Waals surface area contributed by atoms with Gasteiger partial charge < -0.3 is 19.3 Å². The first-order valence-electron chi connectivity index (χ1n) is 12.5. The minimum atomic E-state index is -0.450. The maximum absolute atomic E-state index is 13.5. The fraction of sp³-hybridized carbons (Fsp3) is 0.500. The fourth-order valence-electron chi connectivity index (χ4n) is 5.21. The van der Waals surface area contributed by atoms with Crippen LogP contribution >= 0.6 is 11.6 Å². The molecule has 2 aromatic carbocycles. The molecule has 35 heavy (non-hydrogen) atoms. The number of rotatable bonds is 8. The number of benzene rings is 2. The smallest absolute Gasteiger partial charge is 0.253 e. The number of carbonyl (C=O) groups excluding carboxylic acids is 2. The number of piperidine rings is 2. The van der Waals surface area contributed by atoms with Gasteiger partial charge in [0.15, 0.2) is 0 Å². The molecular formula is C28H35ClN2O4. The molecule has 7 heteroatoms. The quantitative estimate of drug-likeness (QED) is 0.502. The highest BCUT2D eigenvalue weighted by Gasteiger charge is 2.41. The molecule has 0 bridgehead atoms. The molecule has 2 aliphatic rings. The lowest BCUT2D eigenvalue weighted by Crippen LogP contribution is -2.51. The zero-order valence-electron chi connectivity index (χ0n) is 20.5. The van der Waals surface area contributed by atoms with E-state index in [1.54, 1.807) is 13.2 Å². The second-order valence-electron chi connectivity index (χ2n) is 9.83. The van der Waals surface area contributed by atoms with Gasteiger partial charge in [0.1, 0.15) is 5.75 Å². The van der Waals surface area contributed by atoms with Crippen LogP contribution in [0.25, 0.3) is 0 Å². The van der Waals surface area contributed by atoms with Crippen LogP contribution in [0.4, 0.5) is 0 Å². The first kappa shape index (κ1) is 25.5. The number of nitrogens with zero attached hydrogens (tertiary/aromatic N) is 2. The number of likely N-dealkylation sites (tertiary alicyclic amines) is 2. The lowest BCUT2D eigenvalue weighted by molar-refractivity contribution is -0.136. The maximum atomic E-state index is 13.5. The lowest BCUT2D eigenvalue weighted by Gasteiger charge is -2.43. The summed E-state index contributed by atoms with van der Waals surface area (Å²) in [6.07, 6.45) is 5.33. The summed E-state index contributed by atoms with van der Waals surface area (Å²) in [5, 5.41) is 0.609. The van der Waals surface area contributed by atoms with Gasteiger partial charge in [0.2, 0.25) is 5.91 Å². The van der Waals surface area contributed by atoms with E-state index < -0.39 is 5.41 Å². The Morgan fingerprint density at radius 1 is 0.971 bits per heavy atom. The van der Waals surface area contributed by atoms with E-state index in [0.29, 0.717) is 49.1 Å². The highest BCUT2D eigenvalue weighted by molar-refractivity contribution is 6.30. The third-order valence-electron chi connectivity index (χ3n) is 7.01. The van der Waals surface area contributed by atoms with Gasteiger partial charge in [-0.2, -0.15) is 0 Å². The molecular weight excluding hydrogens is 464 g/mol. The van der Waals surface area contributed by atoms with E-state index in [1.807, 2.05) is 52.3 Å². The van der Waals surface area contributed by atoms with Crippen molar-refractivity contribution in [2.45, 2.75) is 45.1 Å². The molecule has 2 amide bonds. The van der Waals surface area contributed by atoms with Crippen LogP contribution in [0.5, 0.6) is 5.75 Å². The summed E-state index contributed by atoms with van der Waals surface area (Å²) in [7, 11) is 1.65. The molecule has 0 aliphatic carbocycles. The Labute approximate surface area is 213 Å². The minimum absolute atomic E-state index is 0.0137. The van der Waals surface area contributed by atoms with Gasteiger partial charge in [-0.05, 0) is 68.0 Å².